The van der Waals surface area contributed by atoms with E-state index < -0.39 is 26.4 Å². The van der Waals surface area contributed by atoms with Crippen molar-refractivity contribution in [1.29, 1.82) is 0 Å². The minimum Gasteiger partial charge on any atom is -0.434 e. The average Bonchev–Trinajstić information content (AvgIpc) is 2.50. The lowest BCUT2D eigenvalue weighted by Gasteiger charge is -2.36. The monoisotopic (exact) mass is 348 g/mol. The molecular formula is C10H22O9P2. The van der Waals surface area contributed by atoms with Gasteiger partial charge in [0.25, 0.3) is 0 Å². The van der Waals surface area contributed by atoms with Crippen LogP contribution in [0.2, 0.25) is 0 Å². The highest BCUT2D eigenvalue weighted by Gasteiger charge is 2.65. The van der Waals surface area contributed by atoms with Crippen LogP contribution in [0.15, 0.2) is 0 Å². The van der Waals surface area contributed by atoms with Crippen molar-refractivity contribution in [3.05, 3.63) is 0 Å². The van der Waals surface area contributed by atoms with Crippen LogP contribution in [0.3, 0.4) is 0 Å². The molecule has 0 heterocycles. The quantitative estimate of drug-likeness (QED) is 0.458. The van der Waals surface area contributed by atoms with E-state index in [4.69, 9.17) is 27.6 Å². The molecule has 0 amide bonds. The zero-order valence-corrected chi connectivity index (χ0v) is 14.8. The molecule has 0 N–H and O–H groups in total. The van der Waals surface area contributed by atoms with Crippen LogP contribution < -0.4 is 0 Å². The van der Waals surface area contributed by atoms with E-state index >= 15 is 0 Å². The van der Waals surface area contributed by atoms with Gasteiger partial charge in [-0.1, -0.05) is 6.92 Å². The molecule has 9 nitrogen and oxygen atoms in total. The minimum absolute atomic E-state index is 0.0729. The molecule has 0 radical (unpaired) electrons. The molecule has 0 bridgehead atoms. The summed E-state index contributed by atoms with van der Waals surface area (Å²) in [4.78, 5) is 11.7. The average molecular weight is 348 g/mol. The van der Waals surface area contributed by atoms with Crippen LogP contribution in [0.1, 0.15) is 20.3 Å². The number of carbonyl (C=O) groups is 1. The van der Waals surface area contributed by atoms with Crippen molar-refractivity contribution >= 4 is 21.3 Å². The van der Waals surface area contributed by atoms with E-state index in [0.29, 0.717) is 6.42 Å². The predicted octanol–water partition coefficient (Wildman–Crippen LogP) is 3.20. The van der Waals surface area contributed by atoms with Gasteiger partial charge in [-0.25, -0.2) is 4.79 Å². The molecule has 21 heavy (non-hydrogen) atoms. The van der Waals surface area contributed by atoms with Gasteiger partial charge in [0, 0.05) is 28.4 Å². The normalized spacial score (nSPS) is 13.0. The summed E-state index contributed by atoms with van der Waals surface area (Å²) in [5.74, 6) is 0. The Morgan fingerprint density at radius 2 is 1.33 bits per heavy atom. The molecule has 0 saturated heterocycles. The van der Waals surface area contributed by atoms with Crippen LogP contribution in [-0.2, 0) is 36.7 Å². The molecule has 0 aromatic rings. The summed E-state index contributed by atoms with van der Waals surface area (Å²) in [6, 6.07) is 0. The molecule has 0 rings (SSSR count). The number of hydrogen-bond acceptors (Lipinski definition) is 9. The third-order valence-electron chi connectivity index (χ3n) is 2.68. The number of carbonyl (C=O) groups excluding carboxylic acids is 1. The summed E-state index contributed by atoms with van der Waals surface area (Å²) in [5.41, 5.74) is 0. The van der Waals surface area contributed by atoms with Gasteiger partial charge in [0.05, 0.1) is 6.61 Å². The first kappa shape index (κ1) is 20.6. The Hall–Kier alpha value is -0.430. The maximum absolute atomic E-state index is 12.6. The van der Waals surface area contributed by atoms with Gasteiger partial charge >= 0.3 is 26.4 Å². The number of hydrogen-bond donors (Lipinski definition) is 0. The maximum Gasteiger partial charge on any atom is 0.510 e. The first-order valence-corrected chi connectivity index (χ1v) is 9.07. The molecular weight excluding hydrogens is 326 g/mol. The molecule has 126 valence electrons. The van der Waals surface area contributed by atoms with E-state index in [1.54, 1.807) is 6.92 Å². The van der Waals surface area contributed by atoms with Crippen molar-refractivity contribution in [3.8, 4) is 0 Å². The lowest BCUT2D eigenvalue weighted by Crippen LogP contribution is -2.34. The van der Waals surface area contributed by atoms with Crippen molar-refractivity contribution in [1.82, 2.24) is 0 Å². The van der Waals surface area contributed by atoms with E-state index in [1.165, 1.54) is 0 Å². The predicted molar refractivity (Wildman–Crippen MR) is 74.4 cm³/mol. The Kier molecular flexibility index (Phi) is 8.10. The zero-order valence-electron chi connectivity index (χ0n) is 13.0. The van der Waals surface area contributed by atoms with Gasteiger partial charge in [-0.3, -0.25) is 9.13 Å². The molecule has 0 saturated carbocycles. The summed E-state index contributed by atoms with van der Waals surface area (Å²) in [5, 5.41) is -2.32. The second-order valence-electron chi connectivity index (χ2n) is 3.86. The van der Waals surface area contributed by atoms with E-state index in [0.717, 1.165) is 35.4 Å². The lowest BCUT2D eigenvalue weighted by molar-refractivity contribution is 0.0160. The van der Waals surface area contributed by atoms with Crippen molar-refractivity contribution in [2.24, 2.45) is 0 Å². The van der Waals surface area contributed by atoms with Crippen molar-refractivity contribution in [2.75, 3.05) is 35.0 Å². The molecule has 0 aliphatic rings. The summed E-state index contributed by atoms with van der Waals surface area (Å²) in [6.07, 6.45) is -0.646. The van der Waals surface area contributed by atoms with Crippen molar-refractivity contribution in [2.45, 2.75) is 25.4 Å². The SMILES string of the molecule is CCCOC(=O)OC(C)(P(=O)(OC)OC)P(=O)(OC)OC. The Bertz CT molecular complexity index is 394. The molecule has 0 spiro atoms. The van der Waals surface area contributed by atoms with Crippen molar-refractivity contribution in [3.63, 3.8) is 0 Å². The third-order valence-corrected chi connectivity index (χ3v) is 8.29. The summed E-state index contributed by atoms with van der Waals surface area (Å²) in [6.45, 7) is 2.92. The van der Waals surface area contributed by atoms with Crippen LogP contribution in [0.5, 0.6) is 0 Å². The standard InChI is InChI=1S/C10H22O9P2/c1-7-8-18-9(11)19-10(2,20(12,14-3)15-4)21(13,16-5)17-6/h7-8H2,1-6H3. The highest BCUT2D eigenvalue weighted by Crippen LogP contribution is 2.77. The summed E-state index contributed by atoms with van der Waals surface area (Å²) >= 11 is 0. The first-order valence-electron chi connectivity index (χ1n) is 5.99. The van der Waals surface area contributed by atoms with Crippen LogP contribution >= 0.6 is 15.2 Å². The topological polar surface area (TPSA) is 107 Å². The smallest absolute Gasteiger partial charge is 0.434 e. The summed E-state index contributed by atoms with van der Waals surface area (Å²) < 4.78 is 54.1. The van der Waals surface area contributed by atoms with Crippen LogP contribution in [-0.4, -0.2) is 46.3 Å². The van der Waals surface area contributed by atoms with Crippen molar-refractivity contribution < 1.29 is 41.5 Å². The second-order valence-corrected chi connectivity index (χ2v) is 9.37. The number of rotatable bonds is 9. The van der Waals surface area contributed by atoms with Crippen LogP contribution in [0, 0.1) is 0 Å². The molecule has 0 fully saturated rings. The van der Waals surface area contributed by atoms with E-state index in [-0.39, 0.29) is 6.61 Å². The molecule has 0 unspecified atom stereocenters. The second kappa shape index (κ2) is 8.27. The van der Waals surface area contributed by atoms with Crippen LogP contribution in [0.4, 0.5) is 4.79 Å². The van der Waals surface area contributed by atoms with Gasteiger partial charge in [-0.05, 0) is 13.3 Å². The Balaban J connectivity index is 5.74. The molecule has 0 aliphatic carbocycles. The van der Waals surface area contributed by atoms with Gasteiger partial charge in [0.1, 0.15) is 0 Å². The number of ether oxygens (including phenoxy) is 2. The Morgan fingerprint density at radius 3 is 1.62 bits per heavy atom. The summed E-state index contributed by atoms with van der Waals surface area (Å²) in [7, 11) is -4.14. The lowest BCUT2D eigenvalue weighted by atomic mass is 10.5. The van der Waals surface area contributed by atoms with Gasteiger partial charge in [-0.2, -0.15) is 0 Å². The molecule has 11 heteroatoms. The van der Waals surface area contributed by atoms with E-state index in [1.807, 2.05) is 0 Å². The molecule has 0 aromatic carbocycles. The van der Waals surface area contributed by atoms with Gasteiger partial charge in [0.2, 0.25) is 0 Å². The minimum atomic E-state index is -4.18. The molecule has 0 aromatic heterocycles. The fraction of sp³-hybridized carbons (Fsp3) is 0.900. The molecule has 0 atom stereocenters. The highest BCUT2D eigenvalue weighted by molar-refractivity contribution is 7.73. The van der Waals surface area contributed by atoms with Gasteiger partial charge in [-0.15, -0.1) is 0 Å². The Morgan fingerprint density at radius 1 is 0.952 bits per heavy atom. The van der Waals surface area contributed by atoms with Crippen LogP contribution in [0.25, 0.3) is 0 Å². The highest BCUT2D eigenvalue weighted by atomic mass is 31.2. The van der Waals surface area contributed by atoms with E-state index in [9.17, 15) is 13.9 Å². The third kappa shape index (κ3) is 4.06. The van der Waals surface area contributed by atoms with Gasteiger partial charge < -0.3 is 27.6 Å². The largest absolute Gasteiger partial charge is 0.510 e. The maximum atomic E-state index is 12.6. The van der Waals surface area contributed by atoms with Gasteiger partial charge in [0.15, 0.2) is 0 Å². The zero-order chi connectivity index (χ0) is 16.7. The first-order chi connectivity index (χ1) is 9.70. The van der Waals surface area contributed by atoms with E-state index in [2.05, 4.69) is 0 Å². The fourth-order valence-electron chi connectivity index (χ4n) is 1.46. The fourth-order valence-corrected chi connectivity index (χ4v) is 5.67. The Labute approximate surface area is 124 Å². The molecule has 0 aliphatic heterocycles.